The van der Waals surface area contributed by atoms with Gasteiger partial charge in [0.15, 0.2) is 0 Å². The number of pyridine rings is 1. The van der Waals surface area contributed by atoms with Gasteiger partial charge in [-0.15, -0.1) is 0 Å². The number of alkyl halides is 3. The molecule has 152 valence electrons. The number of halogens is 3. The van der Waals surface area contributed by atoms with E-state index < -0.39 is 23.8 Å². The molecule has 3 rings (SSSR count). The van der Waals surface area contributed by atoms with E-state index in [0.717, 1.165) is 19.0 Å². The lowest BCUT2D eigenvalue weighted by Gasteiger charge is -2.40. The second kappa shape index (κ2) is 7.33. The van der Waals surface area contributed by atoms with Gasteiger partial charge in [0.25, 0.3) is 0 Å². The fraction of sp³-hybridized carbons (Fsp3) is 0.750. The number of hydrogen-bond donors (Lipinski definition) is 1. The molecule has 2 heterocycles. The van der Waals surface area contributed by atoms with Gasteiger partial charge in [-0.05, 0) is 69.9 Å². The van der Waals surface area contributed by atoms with Crippen molar-refractivity contribution in [3.8, 4) is 0 Å². The Bertz CT molecular complexity index is 659. The summed E-state index contributed by atoms with van der Waals surface area (Å²) in [5, 5.41) is 10.6. The molecular formula is C20H29F3N2O2. The molecule has 0 amide bonds. The van der Waals surface area contributed by atoms with Gasteiger partial charge < -0.3 is 9.84 Å². The molecule has 1 saturated carbocycles. The second-order valence-electron chi connectivity index (χ2n) is 8.86. The van der Waals surface area contributed by atoms with Gasteiger partial charge in [-0.3, -0.25) is 9.88 Å². The van der Waals surface area contributed by atoms with Gasteiger partial charge in [-0.25, -0.2) is 0 Å². The molecule has 1 saturated heterocycles. The van der Waals surface area contributed by atoms with Crippen molar-refractivity contribution < 1.29 is 23.0 Å². The molecule has 1 aliphatic heterocycles. The van der Waals surface area contributed by atoms with Crippen molar-refractivity contribution in [2.75, 3.05) is 6.54 Å². The highest BCUT2D eigenvalue weighted by atomic mass is 19.4. The maximum Gasteiger partial charge on any atom is 0.418 e. The number of ether oxygens (including phenoxy) is 1. The molecular weight excluding hydrogens is 357 g/mol. The zero-order valence-electron chi connectivity index (χ0n) is 16.3. The molecule has 0 radical (unpaired) electrons. The maximum atomic E-state index is 13.2. The Kier molecular flexibility index (Phi) is 5.58. The predicted molar refractivity (Wildman–Crippen MR) is 95.7 cm³/mol. The van der Waals surface area contributed by atoms with Crippen LogP contribution in [0.25, 0.3) is 0 Å². The largest absolute Gasteiger partial charge is 0.418 e. The van der Waals surface area contributed by atoms with Crippen molar-refractivity contribution in [1.29, 1.82) is 0 Å². The van der Waals surface area contributed by atoms with E-state index in [4.69, 9.17) is 4.74 Å². The Hall–Kier alpha value is -1.18. The van der Waals surface area contributed by atoms with E-state index in [9.17, 15) is 18.3 Å². The fourth-order valence-corrected chi connectivity index (χ4v) is 4.31. The van der Waals surface area contributed by atoms with E-state index in [1.54, 1.807) is 0 Å². The number of piperidine rings is 1. The van der Waals surface area contributed by atoms with Gasteiger partial charge in [-0.1, -0.05) is 6.92 Å². The average molecular weight is 386 g/mol. The molecule has 27 heavy (non-hydrogen) atoms. The monoisotopic (exact) mass is 386 g/mol. The molecule has 0 aromatic carbocycles. The molecule has 0 bridgehead atoms. The topological polar surface area (TPSA) is 45.6 Å². The molecule has 1 aromatic rings. The number of hydrogen-bond acceptors (Lipinski definition) is 4. The molecule has 7 heteroatoms. The van der Waals surface area contributed by atoms with Crippen LogP contribution in [-0.2, 0) is 17.3 Å². The van der Waals surface area contributed by atoms with E-state index in [1.807, 2.05) is 25.7 Å². The number of aliphatic hydroxyl groups is 1. The smallest absolute Gasteiger partial charge is 0.356 e. The molecule has 2 aliphatic rings. The van der Waals surface area contributed by atoms with Gasteiger partial charge in [0.1, 0.15) is 0 Å². The summed E-state index contributed by atoms with van der Waals surface area (Å²) in [5.41, 5.74) is -1.10. The zero-order valence-corrected chi connectivity index (χ0v) is 16.3. The summed E-state index contributed by atoms with van der Waals surface area (Å²) >= 11 is 0. The second-order valence-corrected chi connectivity index (χ2v) is 8.86. The lowest BCUT2D eigenvalue weighted by atomic mass is 9.96. The van der Waals surface area contributed by atoms with Crippen LogP contribution in [0.2, 0.25) is 0 Å². The van der Waals surface area contributed by atoms with Crippen molar-refractivity contribution in [3.05, 3.63) is 29.6 Å². The molecule has 4 nitrogen and oxygen atoms in total. The normalized spacial score (nSPS) is 30.1. The minimum absolute atomic E-state index is 0.0170. The van der Waals surface area contributed by atoms with Gasteiger partial charge in [0.2, 0.25) is 6.41 Å². The third-order valence-corrected chi connectivity index (χ3v) is 5.85. The first-order valence-electron chi connectivity index (χ1n) is 9.60. The minimum atomic E-state index is -4.40. The van der Waals surface area contributed by atoms with Crippen molar-refractivity contribution in [2.45, 2.75) is 71.2 Å². The van der Waals surface area contributed by atoms with E-state index in [1.165, 1.54) is 12.3 Å². The van der Waals surface area contributed by atoms with Crippen molar-refractivity contribution in [2.24, 2.45) is 17.8 Å². The lowest BCUT2D eigenvalue weighted by Crippen LogP contribution is -2.50. The van der Waals surface area contributed by atoms with Crippen LogP contribution in [0.3, 0.4) is 0 Å². The van der Waals surface area contributed by atoms with Gasteiger partial charge in [0.05, 0.1) is 16.9 Å². The summed E-state index contributed by atoms with van der Waals surface area (Å²) in [4.78, 5) is 5.89. The summed E-state index contributed by atoms with van der Waals surface area (Å²) in [6, 6.07) is 2.38. The van der Waals surface area contributed by atoms with Crippen molar-refractivity contribution in [1.82, 2.24) is 9.88 Å². The number of aryl methyl sites for hydroxylation is 1. The maximum absolute atomic E-state index is 13.2. The molecule has 5 atom stereocenters. The molecule has 1 aliphatic carbocycles. The van der Waals surface area contributed by atoms with E-state index in [-0.39, 0.29) is 18.2 Å². The van der Waals surface area contributed by atoms with Crippen LogP contribution in [0, 0.1) is 17.8 Å². The van der Waals surface area contributed by atoms with Gasteiger partial charge in [0, 0.05) is 18.8 Å². The van der Waals surface area contributed by atoms with Crippen LogP contribution < -0.4 is 0 Å². The first-order chi connectivity index (χ1) is 12.5. The molecule has 0 spiro atoms. The van der Waals surface area contributed by atoms with Gasteiger partial charge in [-0.2, -0.15) is 13.2 Å². The number of nitrogens with zero attached hydrogens (tertiary/aromatic N) is 2. The Labute approximate surface area is 158 Å². The van der Waals surface area contributed by atoms with Gasteiger partial charge >= 0.3 is 6.18 Å². The first kappa shape index (κ1) is 20.6. The van der Waals surface area contributed by atoms with Crippen LogP contribution >= 0.6 is 0 Å². The number of aliphatic hydroxyl groups excluding tert-OH is 1. The molecule has 1 aromatic heterocycles. The highest BCUT2D eigenvalue weighted by molar-refractivity contribution is 5.23. The zero-order chi connectivity index (χ0) is 20.0. The number of aromatic nitrogens is 1. The van der Waals surface area contributed by atoms with Crippen LogP contribution in [0.4, 0.5) is 13.2 Å². The predicted octanol–water partition coefficient (Wildman–Crippen LogP) is 4.08. The Morgan fingerprint density at radius 2 is 2.00 bits per heavy atom. The minimum Gasteiger partial charge on any atom is -0.356 e. The molecule has 1 N–H and O–H groups in total. The van der Waals surface area contributed by atoms with Crippen molar-refractivity contribution >= 4 is 0 Å². The SMILES string of the molecule is C[C@H]1[C@H]2CN(C(O)OC(C)(C)C)[C@H](CCc3ncccc3C(F)(F)F)C[C@@H]12. The third kappa shape index (κ3) is 4.81. The van der Waals surface area contributed by atoms with E-state index in [2.05, 4.69) is 11.9 Å². The highest BCUT2D eigenvalue weighted by Gasteiger charge is 2.53. The average Bonchev–Trinajstić information content (AvgIpc) is 3.19. The summed E-state index contributed by atoms with van der Waals surface area (Å²) in [7, 11) is 0. The number of fused-ring (bicyclic) bond motifs is 1. The summed E-state index contributed by atoms with van der Waals surface area (Å²) in [5.74, 6) is 1.74. The molecule has 2 fully saturated rings. The summed E-state index contributed by atoms with van der Waals surface area (Å²) < 4.78 is 45.4. The van der Waals surface area contributed by atoms with Crippen LogP contribution in [0.1, 0.15) is 51.8 Å². The summed E-state index contributed by atoms with van der Waals surface area (Å²) in [6.07, 6.45) is -2.43. The van der Waals surface area contributed by atoms with Crippen LogP contribution in [0.5, 0.6) is 0 Å². The third-order valence-electron chi connectivity index (χ3n) is 5.85. The first-order valence-corrected chi connectivity index (χ1v) is 9.60. The standard InChI is InChI=1S/C20H29F3N2O2/c1-12-14-10-13(25(11-15(12)14)18(26)27-19(2,3)4)7-8-17-16(20(21,22)23)6-5-9-24-17/h5-6,9,12-15,18,26H,7-8,10-11H2,1-4H3/t12-,13-,14+,15-,18?/m1/s1. The van der Waals surface area contributed by atoms with Crippen LogP contribution in [-0.4, -0.2) is 39.6 Å². The van der Waals surface area contributed by atoms with Crippen molar-refractivity contribution in [3.63, 3.8) is 0 Å². The number of rotatable bonds is 5. The van der Waals surface area contributed by atoms with E-state index >= 15 is 0 Å². The number of likely N-dealkylation sites (tertiary alicyclic amines) is 1. The quantitative estimate of drug-likeness (QED) is 0.775. The summed E-state index contributed by atoms with van der Waals surface area (Å²) in [6.45, 7) is 8.55. The Morgan fingerprint density at radius 3 is 2.63 bits per heavy atom. The fourth-order valence-electron chi connectivity index (χ4n) is 4.31. The lowest BCUT2D eigenvalue weighted by molar-refractivity contribution is -0.253. The van der Waals surface area contributed by atoms with Crippen LogP contribution in [0.15, 0.2) is 18.3 Å². The Balaban J connectivity index is 1.72. The van der Waals surface area contributed by atoms with E-state index in [0.29, 0.717) is 24.2 Å². The highest BCUT2D eigenvalue weighted by Crippen LogP contribution is 2.53. The molecule has 1 unspecified atom stereocenters. The Morgan fingerprint density at radius 1 is 1.30 bits per heavy atom.